The topological polar surface area (TPSA) is 108 Å². The van der Waals surface area contributed by atoms with Gasteiger partial charge in [0.2, 0.25) is 10.0 Å². The van der Waals surface area contributed by atoms with E-state index in [4.69, 9.17) is 14.6 Å². The Bertz CT molecular complexity index is 1310. The number of carbonyl (C=O) groups excluding carboxylic acids is 1. The van der Waals surface area contributed by atoms with Gasteiger partial charge in [-0.15, -0.1) is 0 Å². The van der Waals surface area contributed by atoms with E-state index in [0.717, 1.165) is 6.07 Å². The van der Waals surface area contributed by atoms with Crippen LogP contribution in [0.5, 0.6) is 11.5 Å². The molecule has 3 rings (SSSR count). The van der Waals surface area contributed by atoms with Crippen molar-refractivity contribution in [3.8, 4) is 22.6 Å². The maximum absolute atomic E-state index is 13.4. The molecule has 0 aliphatic rings. The molecule has 0 unspecified atom stereocenters. The molecule has 0 aromatic heterocycles. The standard InChI is InChI=1S/C22H19F3N2O5S/c1-31-18-11-13(7-9-16(18)15-5-3-4-6-17(15)22(23,24)25)21(28)27-14-8-10-20(33(26,29)30)19(12-14)32-2/h3-12H,1-2H3,(H,27,28)(H2,26,29,30). The minimum absolute atomic E-state index is 0.0630. The maximum atomic E-state index is 13.4. The van der Waals surface area contributed by atoms with E-state index in [0.29, 0.717) is 0 Å². The number of amides is 1. The fourth-order valence-electron chi connectivity index (χ4n) is 3.20. The van der Waals surface area contributed by atoms with Crippen LogP contribution in [0.25, 0.3) is 11.1 Å². The van der Waals surface area contributed by atoms with Crippen LogP contribution in [-0.2, 0) is 16.2 Å². The third kappa shape index (κ3) is 5.26. The lowest BCUT2D eigenvalue weighted by molar-refractivity contribution is -0.137. The largest absolute Gasteiger partial charge is 0.496 e. The van der Waals surface area contributed by atoms with Crippen molar-refractivity contribution in [1.29, 1.82) is 0 Å². The van der Waals surface area contributed by atoms with Crippen LogP contribution >= 0.6 is 0 Å². The molecule has 0 heterocycles. The molecule has 0 fully saturated rings. The lowest BCUT2D eigenvalue weighted by atomic mass is 9.97. The number of nitrogens with one attached hydrogen (secondary N) is 1. The Hall–Kier alpha value is -3.57. The number of anilines is 1. The zero-order chi connectivity index (χ0) is 24.4. The number of hydrogen-bond donors (Lipinski definition) is 2. The summed E-state index contributed by atoms with van der Waals surface area (Å²) < 4.78 is 73.7. The smallest absolute Gasteiger partial charge is 0.417 e. The van der Waals surface area contributed by atoms with Gasteiger partial charge >= 0.3 is 6.18 Å². The van der Waals surface area contributed by atoms with E-state index in [2.05, 4.69) is 5.32 Å². The maximum Gasteiger partial charge on any atom is 0.417 e. The number of primary sulfonamides is 1. The van der Waals surface area contributed by atoms with Gasteiger partial charge in [-0.25, -0.2) is 13.6 Å². The van der Waals surface area contributed by atoms with Crippen LogP contribution in [-0.4, -0.2) is 28.5 Å². The molecule has 3 N–H and O–H groups in total. The van der Waals surface area contributed by atoms with E-state index < -0.39 is 27.7 Å². The second-order valence-electron chi connectivity index (χ2n) is 6.82. The van der Waals surface area contributed by atoms with Crippen molar-refractivity contribution in [3.05, 3.63) is 71.8 Å². The van der Waals surface area contributed by atoms with Crippen LogP contribution in [0.1, 0.15) is 15.9 Å². The minimum Gasteiger partial charge on any atom is -0.496 e. The highest BCUT2D eigenvalue weighted by Gasteiger charge is 2.34. The first-order valence-corrected chi connectivity index (χ1v) is 10.9. The number of benzene rings is 3. The summed E-state index contributed by atoms with van der Waals surface area (Å²) in [6.07, 6.45) is -4.57. The van der Waals surface area contributed by atoms with Gasteiger partial charge in [0, 0.05) is 22.9 Å². The predicted octanol–water partition coefficient (Wildman–Crippen LogP) is 4.29. The van der Waals surface area contributed by atoms with Crippen LogP contribution < -0.4 is 19.9 Å². The molecular formula is C22H19F3N2O5S. The Labute approximate surface area is 188 Å². The highest BCUT2D eigenvalue weighted by Crippen LogP contribution is 2.40. The van der Waals surface area contributed by atoms with Crippen molar-refractivity contribution in [3.63, 3.8) is 0 Å². The number of nitrogens with two attached hydrogens (primary N) is 1. The van der Waals surface area contributed by atoms with Crippen LogP contribution in [0.3, 0.4) is 0 Å². The van der Waals surface area contributed by atoms with Gasteiger partial charge in [-0.3, -0.25) is 4.79 Å². The molecule has 0 spiro atoms. The van der Waals surface area contributed by atoms with Gasteiger partial charge in [-0.05, 0) is 42.0 Å². The molecule has 0 bridgehead atoms. The molecule has 33 heavy (non-hydrogen) atoms. The molecule has 11 heteroatoms. The van der Waals surface area contributed by atoms with Gasteiger partial charge in [0.1, 0.15) is 16.4 Å². The quantitative estimate of drug-likeness (QED) is 0.547. The monoisotopic (exact) mass is 480 g/mol. The number of ether oxygens (including phenoxy) is 2. The number of alkyl halides is 3. The van der Waals surface area contributed by atoms with E-state index in [1.165, 1.54) is 68.8 Å². The van der Waals surface area contributed by atoms with Crippen LogP contribution in [0.2, 0.25) is 0 Å². The van der Waals surface area contributed by atoms with E-state index in [9.17, 15) is 26.4 Å². The van der Waals surface area contributed by atoms with Crippen molar-refractivity contribution in [2.75, 3.05) is 19.5 Å². The van der Waals surface area contributed by atoms with Crippen molar-refractivity contribution < 1.29 is 35.9 Å². The molecule has 7 nitrogen and oxygen atoms in total. The van der Waals surface area contributed by atoms with E-state index >= 15 is 0 Å². The van der Waals surface area contributed by atoms with Gasteiger partial charge < -0.3 is 14.8 Å². The Balaban J connectivity index is 1.94. The average Bonchev–Trinajstić information content (AvgIpc) is 2.77. The molecule has 1 amide bonds. The lowest BCUT2D eigenvalue weighted by Crippen LogP contribution is -2.15. The molecule has 3 aromatic carbocycles. The Morgan fingerprint density at radius 2 is 1.58 bits per heavy atom. The van der Waals surface area contributed by atoms with Gasteiger partial charge in [-0.1, -0.05) is 18.2 Å². The van der Waals surface area contributed by atoms with E-state index in [1.54, 1.807) is 0 Å². The zero-order valence-electron chi connectivity index (χ0n) is 17.4. The molecule has 0 saturated heterocycles. The average molecular weight is 480 g/mol. The highest BCUT2D eigenvalue weighted by atomic mass is 32.2. The Kier molecular flexibility index (Phi) is 6.65. The molecule has 3 aromatic rings. The number of rotatable bonds is 6. The fourth-order valence-corrected chi connectivity index (χ4v) is 3.88. The van der Waals surface area contributed by atoms with Crippen LogP contribution in [0.4, 0.5) is 18.9 Å². The Morgan fingerprint density at radius 1 is 0.909 bits per heavy atom. The lowest BCUT2D eigenvalue weighted by Gasteiger charge is -2.16. The predicted molar refractivity (Wildman–Crippen MR) is 116 cm³/mol. The zero-order valence-corrected chi connectivity index (χ0v) is 18.3. The first-order valence-electron chi connectivity index (χ1n) is 9.32. The van der Waals surface area contributed by atoms with Gasteiger partial charge in [0.15, 0.2) is 0 Å². The van der Waals surface area contributed by atoms with Crippen molar-refractivity contribution in [2.24, 2.45) is 5.14 Å². The number of sulfonamides is 1. The molecule has 0 atom stereocenters. The summed E-state index contributed by atoms with van der Waals surface area (Å²) in [6.45, 7) is 0. The first-order chi connectivity index (χ1) is 15.5. The first kappa shape index (κ1) is 24.1. The Morgan fingerprint density at radius 3 is 2.18 bits per heavy atom. The van der Waals surface area contributed by atoms with Crippen LogP contribution in [0, 0.1) is 0 Å². The van der Waals surface area contributed by atoms with E-state index in [1.807, 2.05) is 0 Å². The fraction of sp³-hybridized carbons (Fsp3) is 0.136. The van der Waals surface area contributed by atoms with Gasteiger partial charge in [0.05, 0.1) is 19.8 Å². The summed E-state index contributed by atoms with van der Waals surface area (Å²) in [5.41, 5.74) is -0.426. The normalized spacial score (nSPS) is 11.7. The molecule has 0 radical (unpaired) electrons. The molecule has 0 saturated carbocycles. The number of halogens is 3. The summed E-state index contributed by atoms with van der Waals surface area (Å²) in [5, 5.41) is 7.70. The summed E-state index contributed by atoms with van der Waals surface area (Å²) in [6, 6.07) is 12.9. The molecule has 174 valence electrons. The summed E-state index contributed by atoms with van der Waals surface area (Å²) in [4.78, 5) is 12.5. The number of hydrogen-bond acceptors (Lipinski definition) is 5. The van der Waals surface area contributed by atoms with Crippen molar-refractivity contribution in [1.82, 2.24) is 0 Å². The van der Waals surface area contributed by atoms with Crippen molar-refractivity contribution in [2.45, 2.75) is 11.1 Å². The van der Waals surface area contributed by atoms with Crippen molar-refractivity contribution >= 4 is 21.6 Å². The number of methoxy groups -OCH3 is 2. The SMILES string of the molecule is COc1cc(C(=O)Nc2ccc(S(N)(=O)=O)c(OC)c2)ccc1-c1ccccc1C(F)(F)F. The molecule has 0 aliphatic heterocycles. The van der Waals surface area contributed by atoms with Crippen LogP contribution in [0.15, 0.2) is 65.6 Å². The number of carbonyl (C=O) groups is 1. The molecular weight excluding hydrogens is 461 g/mol. The third-order valence-corrected chi connectivity index (χ3v) is 5.66. The third-order valence-electron chi connectivity index (χ3n) is 4.71. The summed E-state index contributed by atoms with van der Waals surface area (Å²) >= 11 is 0. The second-order valence-corrected chi connectivity index (χ2v) is 8.35. The molecule has 0 aliphatic carbocycles. The highest BCUT2D eigenvalue weighted by molar-refractivity contribution is 7.89. The van der Waals surface area contributed by atoms with Gasteiger partial charge in [0.25, 0.3) is 5.91 Å². The minimum atomic E-state index is -4.57. The van der Waals surface area contributed by atoms with E-state index in [-0.39, 0.29) is 38.8 Å². The second kappa shape index (κ2) is 9.12. The van der Waals surface area contributed by atoms with Gasteiger partial charge in [-0.2, -0.15) is 13.2 Å². The summed E-state index contributed by atoms with van der Waals surface area (Å²) in [7, 11) is -1.50. The summed E-state index contributed by atoms with van der Waals surface area (Å²) in [5.74, 6) is -0.595.